The SMILES string of the molecule is COc1ccc(NC(=NCc2c(C)nn(C)c2C)NC(=O)c2ccc(NC(C)=O)cc2)cc1. The number of guanidine groups is 1. The summed E-state index contributed by atoms with van der Waals surface area (Å²) in [6.07, 6.45) is 0. The van der Waals surface area contributed by atoms with Crippen molar-refractivity contribution in [3.8, 4) is 5.75 Å². The minimum Gasteiger partial charge on any atom is -0.497 e. The number of nitrogens with one attached hydrogen (secondary N) is 3. The Balaban J connectivity index is 1.82. The molecule has 0 saturated carbocycles. The number of rotatable bonds is 6. The maximum atomic E-state index is 12.9. The molecule has 9 heteroatoms. The van der Waals surface area contributed by atoms with Gasteiger partial charge in [0, 0.05) is 42.2 Å². The Hall–Kier alpha value is -4.14. The van der Waals surface area contributed by atoms with E-state index < -0.39 is 0 Å². The summed E-state index contributed by atoms with van der Waals surface area (Å²) < 4.78 is 7.01. The van der Waals surface area contributed by atoms with E-state index in [1.165, 1.54) is 6.92 Å². The summed E-state index contributed by atoms with van der Waals surface area (Å²) in [4.78, 5) is 28.7. The van der Waals surface area contributed by atoms with Crippen LogP contribution in [0.5, 0.6) is 5.75 Å². The number of hydrogen-bond acceptors (Lipinski definition) is 5. The zero-order valence-electron chi connectivity index (χ0n) is 19.4. The standard InChI is InChI=1S/C24H28N6O3/c1-15-22(16(2)30(4)29-15)14-25-24(27-20-10-12-21(33-5)13-11-20)28-23(32)18-6-8-19(9-7-18)26-17(3)31/h6-13H,14H2,1-5H3,(H,26,31)(H2,25,27,28,32). The lowest BCUT2D eigenvalue weighted by Crippen LogP contribution is -2.36. The van der Waals surface area contributed by atoms with Crippen molar-refractivity contribution in [3.63, 3.8) is 0 Å². The van der Waals surface area contributed by atoms with Gasteiger partial charge in [-0.15, -0.1) is 0 Å². The molecule has 0 spiro atoms. The lowest BCUT2D eigenvalue weighted by Gasteiger charge is -2.13. The van der Waals surface area contributed by atoms with Crippen LogP contribution in [0.25, 0.3) is 0 Å². The summed E-state index contributed by atoms with van der Waals surface area (Å²) in [5.74, 6) is 0.526. The molecule has 33 heavy (non-hydrogen) atoms. The monoisotopic (exact) mass is 448 g/mol. The molecule has 3 N–H and O–H groups in total. The van der Waals surface area contributed by atoms with E-state index >= 15 is 0 Å². The largest absolute Gasteiger partial charge is 0.497 e. The molecule has 0 aliphatic heterocycles. The van der Waals surface area contributed by atoms with Crippen LogP contribution in [0.3, 0.4) is 0 Å². The Kier molecular flexibility index (Phi) is 7.45. The molecule has 1 heterocycles. The van der Waals surface area contributed by atoms with Crippen LogP contribution in [0.4, 0.5) is 11.4 Å². The lowest BCUT2D eigenvalue weighted by atomic mass is 10.2. The van der Waals surface area contributed by atoms with Crippen LogP contribution in [0.15, 0.2) is 53.5 Å². The van der Waals surface area contributed by atoms with Crippen LogP contribution in [0, 0.1) is 13.8 Å². The molecule has 172 valence electrons. The van der Waals surface area contributed by atoms with Crippen molar-refractivity contribution >= 4 is 29.1 Å². The summed E-state index contributed by atoms with van der Waals surface area (Å²) in [5, 5.41) is 13.1. The number of methoxy groups -OCH3 is 1. The molecule has 3 aromatic rings. The van der Waals surface area contributed by atoms with Gasteiger partial charge >= 0.3 is 0 Å². The fourth-order valence-electron chi connectivity index (χ4n) is 3.21. The number of anilines is 2. The first-order valence-corrected chi connectivity index (χ1v) is 10.4. The molecule has 0 fully saturated rings. The van der Waals surface area contributed by atoms with Gasteiger partial charge in [0.15, 0.2) is 0 Å². The first-order valence-electron chi connectivity index (χ1n) is 10.4. The van der Waals surface area contributed by atoms with Gasteiger partial charge in [-0.05, 0) is 62.4 Å². The average Bonchev–Trinajstić information content (AvgIpc) is 3.03. The number of aryl methyl sites for hydroxylation is 2. The van der Waals surface area contributed by atoms with Crippen molar-refractivity contribution in [3.05, 3.63) is 71.0 Å². The van der Waals surface area contributed by atoms with E-state index in [0.29, 0.717) is 23.8 Å². The predicted molar refractivity (Wildman–Crippen MR) is 129 cm³/mol. The highest BCUT2D eigenvalue weighted by Crippen LogP contribution is 2.16. The second-order valence-electron chi connectivity index (χ2n) is 7.50. The van der Waals surface area contributed by atoms with E-state index in [2.05, 4.69) is 26.0 Å². The highest BCUT2D eigenvalue weighted by molar-refractivity contribution is 6.10. The molecule has 0 radical (unpaired) electrons. The summed E-state index contributed by atoms with van der Waals surface area (Å²) >= 11 is 0. The molecule has 3 rings (SSSR count). The van der Waals surface area contributed by atoms with E-state index in [1.807, 2.05) is 49.8 Å². The van der Waals surface area contributed by atoms with Crippen molar-refractivity contribution in [1.29, 1.82) is 0 Å². The number of nitrogens with zero attached hydrogens (tertiary/aromatic N) is 3. The van der Waals surface area contributed by atoms with Crippen molar-refractivity contribution in [2.75, 3.05) is 17.7 Å². The van der Waals surface area contributed by atoms with Crippen LogP contribution in [0.2, 0.25) is 0 Å². The van der Waals surface area contributed by atoms with Crippen LogP contribution in [-0.2, 0) is 18.4 Å². The van der Waals surface area contributed by atoms with Crippen LogP contribution in [0.1, 0.15) is 34.2 Å². The van der Waals surface area contributed by atoms with Gasteiger partial charge in [0.2, 0.25) is 11.9 Å². The van der Waals surface area contributed by atoms with Crippen molar-refractivity contribution in [2.24, 2.45) is 12.0 Å². The predicted octanol–water partition coefficient (Wildman–Crippen LogP) is 3.40. The molecular weight excluding hydrogens is 420 g/mol. The Morgan fingerprint density at radius 1 is 1.00 bits per heavy atom. The molecule has 0 aliphatic carbocycles. The van der Waals surface area contributed by atoms with Crippen LogP contribution >= 0.6 is 0 Å². The number of carbonyl (C=O) groups is 2. The summed E-state index contributed by atoms with van der Waals surface area (Å²) in [6, 6.07) is 13.9. The van der Waals surface area contributed by atoms with E-state index in [1.54, 1.807) is 31.4 Å². The summed E-state index contributed by atoms with van der Waals surface area (Å²) in [5.41, 5.74) is 4.70. The van der Waals surface area contributed by atoms with E-state index in [4.69, 9.17) is 4.74 Å². The van der Waals surface area contributed by atoms with Crippen molar-refractivity contribution in [2.45, 2.75) is 27.3 Å². The van der Waals surface area contributed by atoms with Crippen molar-refractivity contribution < 1.29 is 14.3 Å². The third-order valence-electron chi connectivity index (χ3n) is 5.11. The number of amides is 2. The number of carbonyl (C=O) groups excluding carboxylic acids is 2. The topological polar surface area (TPSA) is 110 Å². The average molecular weight is 449 g/mol. The fraction of sp³-hybridized carbons (Fsp3) is 0.250. The van der Waals surface area contributed by atoms with E-state index in [9.17, 15) is 9.59 Å². The van der Waals surface area contributed by atoms with E-state index in [-0.39, 0.29) is 11.8 Å². The minimum absolute atomic E-state index is 0.175. The molecule has 1 aromatic heterocycles. The van der Waals surface area contributed by atoms with Crippen LogP contribution in [-0.4, -0.2) is 34.7 Å². The van der Waals surface area contributed by atoms with Gasteiger partial charge in [-0.2, -0.15) is 5.10 Å². The lowest BCUT2D eigenvalue weighted by molar-refractivity contribution is -0.114. The molecular formula is C24H28N6O3. The second kappa shape index (κ2) is 10.4. The van der Waals surface area contributed by atoms with Gasteiger partial charge in [-0.1, -0.05) is 0 Å². The third-order valence-corrected chi connectivity index (χ3v) is 5.11. The molecule has 0 bridgehead atoms. The Morgan fingerprint density at radius 2 is 1.61 bits per heavy atom. The number of aromatic nitrogens is 2. The molecule has 0 aliphatic rings. The number of hydrogen-bond donors (Lipinski definition) is 3. The van der Waals surface area contributed by atoms with Gasteiger partial charge in [0.1, 0.15) is 5.75 Å². The minimum atomic E-state index is -0.330. The number of benzene rings is 2. The Labute approximate surface area is 192 Å². The first kappa shape index (κ1) is 23.5. The molecule has 0 saturated heterocycles. The highest BCUT2D eigenvalue weighted by atomic mass is 16.5. The summed E-state index contributed by atoms with van der Waals surface area (Å²) in [7, 11) is 3.49. The molecule has 9 nitrogen and oxygen atoms in total. The van der Waals surface area contributed by atoms with Crippen LogP contribution < -0.4 is 20.7 Å². The van der Waals surface area contributed by atoms with Gasteiger partial charge in [0.05, 0.1) is 19.3 Å². The maximum absolute atomic E-state index is 12.9. The number of ether oxygens (including phenoxy) is 1. The van der Waals surface area contributed by atoms with E-state index in [0.717, 1.165) is 28.4 Å². The summed E-state index contributed by atoms with van der Waals surface area (Å²) in [6.45, 7) is 5.70. The zero-order chi connectivity index (χ0) is 24.0. The first-order chi connectivity index (χ1) is 15.8. The van der Waals surface area contributed by atoms with Gasteiger partial charge in [-0.25, -0.2) is 4.99 Å². The molecule has 0 unspecified atom stereocenters. The van der Waals surface area contributed by atoms with Gasteiger partial charge < -0.3 is 15.4 Å². The normalized spacial score (nSPS) is 11.1. The van der Waals surface area contributed by atoms with Gasteiger partial charge in [-0.3, -0.25) is 19.6 Å². The molecule has 0 atom stereocenters. The Morgan fingerprint density at radius 3 is 2.15 bits per heavy atom. The number of aliphatic imine (C=N–C) groups is 1. The van der Waals surface area contributed by atoms with Gasteiger partial charge in [0.25, 0.3) is 5.91 Å². The smallest absolute Gasteiger partial charge is 0.257 e. The maximum Gasteiger partial charge on any atom is 0.257 e. The quantitative estimate of drug-likeness (QED) is 0.396. The molecule has 2 aromatic carbocycles. The van der Waals surface area contributed by atoms with Crippen molar-refractivity contribution in [1.82, 2.24) is 15.1 Å². The fourth-order valence-corrected chi connectivity index (χ4v) is 3.21. The second-order valence-corrected chi connectivity index (χ2v) is 7.50. The Bertz CT molecular complexity index is 1160. The third kappa shape index (κ3) is 6.19. The zero-order valence-corrected chi connectivity index (χ0v) is 19.4. The highest BCUT2D eigenvalue weighted by Gasteiger charge is 2.13. The molecule has 2 amide bonds.